The van der Waals surface area contributed by atoms with Crippen LogP contribution < -0.4 is 5.32 Å². The molecule has 2 unspecified atom stereocenters. The van der Waals surface area contributed by atoms with E-state index in [0.29, 0.717) is 19.0 Å². The zero-order chi connectivity index (χ0) is 15.9. The number of hydrogen-bond donors (Lipinski definition) is 2. The molecule has 5 nitrogen and oxygen atoms in total. The molecular formula is C16H33N3O2. The van der Waals surface area contributed by atoms with Crippen molar-refractivity contribution in [3.63, 3.8) is 0 Å². The fourth-order valence-electron chi connectivity index (χ4n) is 3.18. The summed E-state index contributed by atoms with van der Waals surface area (Å²) in [7, 11) is 4.38. The maximum absolute atomic E-state index is 11.3. The van der Waals surface area contributed by atoms with Crippen molar-refractivity contribution in [2.45, 2.75) is 57.5 Å². The standard InChI is InChI=1S/C16H33N3O2/c1-5-17-16(2,15(20)21)10-6-7-11-18(3)13-14-9-8-12-19(14)4/h14,17H,5-13H2,1-4H3,(H,20,21). The van der Waals surface area contributed by atoms with Gasteiger partial charge in [-0.15, -0.1) is 0 Å². The summed E-state index contributed by atoms with van der Waals surface area (Å²) >= 11 is 0. The van der Waals surface area contributed by atoms with E-state index in [1.165, 1.54) is 19.4 Å². The molecule has 1 rings (SSSR count). The SMILES string of the molecule is CCNC(C)(CCCCN(C)CC1CCCN1C)C(=O)O. The molecule has 0 aliphatic carbocycles. The van der Waals surface area contributed by atoms with E-state index < -0.39 is 11.5 Å². The van der Waals surface area contributed by atoms with Gasteiger partial charge in [0.1, 0.15) is 5.54 Å². The molecule has 0 spiro atoms. The highest BCUT2D eigenvalue weighted by Gasteiger charge is 2.31. The molecule has 0 saturated carbocycles. The van der Waals surface area contributed by atoms with Crippen LogP contribution >= 0.6 is 0 Å². The van der Waals surface area contributed by atoms with Gasteiger partial charge in [-0.05, 0) is 72.8 Å². The molecule has 1 aliphatic heterocycles. The molecule has 2 N–H and O–H groups in total. The summed E-state index contributed by atoms with van der Waals surface area (Å²) in [6.45, 7) is 7.82. The van der Waals surface area contributed by atoms with Crippen LogP contribution in [0, 0.1) is 0 Å². The Hall–Kier alpha value is -0.650. The molecule has 1 fully saturated rings. The van der Waals surface area contributed by atoms with Crippen LogP contribution in [-0.2, 0) is 4.79 Å². The van der Waals surface area contributed by atoms with Gasteiger partial charge in [0.2, 0.25) is 0 Å². The summed E-state index contributed by atoms with van der Waals surface area (Å²) in [5.74, 6) is -0.745. The highest BCUT2D eigenvalue weighted by molar-refractivity contribution is 5.78. The molecule has 21 heavy (non-hydrogen) atoms. The maximum Gasteiger partial charge on any atom is 0.323 e. The lowest BCUT2D eigenvalue weighted by Crippen LogP contribution is -2.49. The Balaban J connectivity index is 2.21. The van der Waals surface area contributed by atoms with Gasteiger partial charge in [0.25, 0.3) is 0 Å². The number of unbranched alkanes of at least 4 members (excludes halogenated alkanes) is 1. The molecule has 0 radical (unpaired) electrons. The quantitative estimate of drug-likeness (QED) is 0.601. The highest BCUT2D eigenvalue weighted by Crippen LogP contribution is 2.17. The van der Waals surface area contributed by atoms with Crippen molar-refractivity contribution >= 4 is 5.97 Å². The molecule has 5 heteroatoms. The average Bonchev–Trinajstić information content (AvgIpc) is 2.80. The number of nitrogens with one attached hydrogen (secondary N) is 1. The Kier molecular flexibility index (Phi) is 7.63. The van der Waals surface area contributed by atoms with E-state index >= 15 is 0 Å². The monoisotopic (exact) mass is 299 g/mol. The Bertz CT molecular complexity index is 325. The molecule has 0 aromatic heterocycles. The Labute approximate surface area is 129 Å². The number of hydrogen-bond acceptors (Lipinski definition) is 4. The smallest absolute Gasteiger partial charge is 0.323 e. The fourth-order valence-corrected chi connectivity index (χ4v) is 3.18. The second-order valence-electron chi connectivity index (χ2n) is 6.66. The zero-order valence-corrected chi connectivity index (χ0v) is 14.2. The summed E-state index contributed by atoms with van der Waals surface area (Å²) in [5.41, 5.74) is -0.779. The van der Waals surface area contributed by atoms with E-state index in [-0.39, 0.29) is 0 Å². The van der Waals surface area contributed by atoms with E-state index in [0.717, 1.165) is 25.9 Å². The van der Waals surface area contributed by atoms with Gasteiger partial charge < -0.3 is 20.2 Å². The zero-order valence-electron chi connectivity index (χ0n) is 14.2. The summed E-state index contributed by atoms with van der Waals surface area (Å²) in [5, 5.41) is 12.4. The van der Waals surface area contributed by atoms with Gasteiger partial charge in [-0.1, -0.05) is 6.92 Å². The molecule has 0 bridgehead atoms. The fraction of sp³-hybridized carbons (Fsp3) is 0.938. The van der Waals surface area contributed by atoms with Gasteiger partial charge >= 0.3 is 5.97 Å². The van der Waals surface area contributed by atoms with Crippen molar-refractivity contribution in [3.05, 3.63) is 0 Å². The minimum Gasteiger partial charge on any atom is -0.480 e. The molecule has 0 aromatic carbocycles. The topological polar surface area (TPSA) is 55.8 Å². The molecule has 0 amide bonds. The van der Waals surface area contributed by atoms with Gasteiger partial charge in [0, 0.05) is 12.6 Å². The first-order valence-corrected chi connectivity index (χ1v) is 8.26. The summed E-state index contributed by atoms with van der Waals surface area (Å²) in [6.07, 6.45) is 5.31. The maximum atomic E-state index is 11.3. The van der Waals surface area contributed by atoms with Gasteiger partial charge in [-0.2, -0.15) is 0 Å². The molecule has 1 saturated heterocycles. The number of carboxylic acids is 1. The van der Waals surface area contributed by atoms with Crippen molar-refractivity contribution < 1.29 is 9.90 Å². The summed E-state index contributed by atoms with van der Waals surface area (Å²) in [6, 6.07) is 0.695. The number of likely N-dealkylation sites (N-methyl/N-ethyl adjacent to an activating group) is 3. The third kappa shape index (κ3) is 5.93. The predicted octanol–water partition coefficient (Wildman–Crippen LogP) is 1.64. The molecule has 1 aliphatic rings. The van der Waals surface area contributed by atoms with Crippen molar-refractivity contribution in [1.82, 2.24) is 15.1 Å². The van der Waals surface area contributed by atoms with Crippen LogP contribution in [0.4, 0.5) is 0 Å². The molecule has 1 heterocycles. The predicted molar refractivity (Wildman–Crippen MR) is 86.7 cm³/mol. The molecule has 2 atom stereocenters. The third-order valence-electron chi connectivity index (χ3n) is 4.70. The van der Waals surface area contributed by atoms with Crippen molar-refractivity contribution in [3.8, 4) is 0 Å². The Morgan fingerprint density at radius 2 is 2.19 bits per heavy atom. The van der Waals surface area contributed by atoms with Gasteiger partial charge in [0.05, 0.1) is 0 Å². The number of rotatable bonds is 10. The minimum absolute atomic E-state index is 0.688. The van der Waals surface area contributed by atoms with Gasteiger partial charge in [-0.3, -0.25) is 4.79 Å². The van der Waals surface area contributed by atoms with Crippen LogP contribution in [0.3, 0.4) is 0 Å². The molecule has 124 valence electrons. The summed E-state index contributed by atoms with van der Waals surface area (Å²) in [4.78, 5) is 16.2. The Morgan fingerprint density at radius 3 is 2.71 bits per heavy atom. The van der Waals surface area contributed by atoms with Crippen molar-refractivity contribution in [2.75, 3.05) is 40.3 Å². The van der Waals surface area contributed by atoms with E-state index in [9.17, 15) is 9.90 Å². The van der Waals surface area contributed by atoms with Crippen molar-refractivity contribution in [1.29, 1.82) is 0 Å². The van der Waals surface area contributed by atoms with E-state index in [2.05, 4.69) is 29.2 Å². The lowest BCUT2D eigenvalue weighted by Gasteiger charge is -2.27. The second-order valence-corrected chi connectivity index (χ2v) is 6.66. The van der Waals surface area contributed by atoms with E-state index in [4.69, 9.17) is 0 Å². The lowest BCUT2D eigenvalue weighted by molar-refractivity contribution is -0.144. The van der Waals surface area contributed by atoms with Gasteiger partial charge in [0.15, 0.2) is 0 Å². The second kappa shape index (κ2) is 8.71. The average molecular weight is 299 g/mol. The molecular weight excluding hydrogens is 266 g/mol. The van der Waals surface area contributed by atoms with E-state index in [1.807, 2.05) is 6.92 Å². The van der Waals surface area contributed by atoms with Crippen LogP contribution in [0.25, 0.3) is 0 Å². The Morgan fingerprint density at radius 1 is 1.48 bits per heavy atom. The number of carboxylic acid groups (broad SMARTS) is 1. The van der Waals surface area contributed by atoms with Crippen LogP contribution in [-0.4, -0.2) is 72.7 Å². The first-order chi connectivity index (χ1) is 9.89. The number of likely N-dealkylation sites (tertiary alicyclic amines) is 1. The largest absolute Gasteiger partial charge is 0.480 e. The number of carbonyl (C=O) groups is 1. The number of aliphatic carboxylic acids is 1. The normalized spacial score (nSPS) is 22.6. The van der Waals surface area contributed by atoms with E-state index in [1.54, 1.807) is 6.92 Å². The van der Waals surface area contributed by atoms with Crippen LogP contribution in [0.15, 0.2) is 0 Å². The summed E-state index contributed by atoms with van der Waals surface area (Å²) < 4.78 is 0. The first-order valence-electron chi connectivity index (χ1n) is 8.26. The highest BCUT2D eigenvalue weighted by atomic mass is 16.4. The van der Waals surface area contributed by atoms with Gasteiger partial charge in [-0.25, -0.2) is 0 Å². The first kappa shape index (κ1) is 18.4. The van der Waals surface area contributed by atoms with Crippen LogP contribution in [0.1, 0.15) is 46.0 Å². The lowest BCUT2D eigenvalue weighted by atomic mass is 9.95. The van der Waals surface area contributed by atoms with Crippen LogP contribution in [0.2, 0.25) is 0 Å². The molecule has 0 aromatic rings. The minimum atomic E-state index is -0.779. The van der Waals surface area contributed by atoms with Crippen molar-refractivity contribution in [2.24, 2.45) is 0 Å². The third-order valence-corrected chi connectivity index (χ3v) is 4.70. The number of nitrogens with zero attached hydrogens (tertiary/aromatic N) is 2. The van der Waals surface area contributed by atoms with Crippen LogP contribution in [0.5, 0.6) is 0 Å².